The van der Waals surface area contributed by atoms with Crippen LogP contribution in [0.2, 0.25) is 0 Å². The van der Waals surface area contributed by atoms with Crippen LogP contribution in [-0.2, 0) is 9.59 Å². The lowest BCUT2D eigenvalue weighted by Gasteiger charge is -2.27. The van der Waals surface area contributed by atoms with Crippen molar-refractivity contribution in [1.29, 1.82) is 0 Å². The molecule has 7 nitrogen and oxygen atoms in total. The zero-order chi connectivity index (χ0) is 21.8. The molecule has 158 valence electrons. The van der Waals surface area contributed by atoms with Crippen molar-refractivity contribution in [3.05, 3.63) is 65.2 Å². The lowest BCUT2D eigenvalue weighted by Crippen LogP contribution is -3.06. The minimum Gasteiger partial charge on any atom is -0.507 e. The quantitative estimate of drug-likeness (QED) is 0.408. The molecule has 7 heteroatoms. The largest absolute Gasteiger partial charge is 0.507 e. The number of hydrogen-bond acceptors (Lipinski definition) is 5. The number of carbonyl (C=O) groups is 2. The fourth-order valence-electron chi connectivity index (χ4n) is 3.57. The van der Waals surface area contributed by atoms with Crippen LogP contribution in [-0.4, -0.2) is 63.1 Å². The van der Waals surface area contributed by atoms with Crippen LogP contribution < -0.4 is 14.4 Å². The predicted molar refractivity (Wildman–Crippen MR) is 113 cm³/mol. The molecule has 2 aromatic carbocycles. The number of amides is 1. The number of ketones is 1. The lowest BCUT2D eigenvalue weighted by molar-refractivity contribution is -0.857. The molecule has 1 amide bonds. The van der Waals surface area contributed by atoms with Gasteiger partial charge in [0.15, 0.2) is 0 Å². The minimum atomic E-state index is -0.759. The van der Waals surface area contributed by atoms with Gasteiger partial charge in [0.1, 0.15) is 17.3 Å². The minimum absolute atomic E-state index is 0.0587. The second-order valence-corrected chi connectivity index (χ2v) is 7.42. The molecule has 3 rings (SSSR count). The van der Waals surface area contributed by atoms with Crippen molar-refractivity contribution in [3.63, 3.8) is 0 Å². The number of nitrogens with one attached hydrogen (secondary N) is 1. The van der Waals surface area contributed by atoms with Crippen LogP contribution in [0.5, 0.6) is 11.5 Å². The Kier molecular flexibility index (Phi) is 6.42. The third-order valence-corrected chi connectivity index (χ3v) is 5.18. The smallest absolute Gasteiger partial charge is 0.295 e. The Morgan fingerprint density at radius 1 is 1.07 bits per heavy atom. The van der Waals surface area contributed by atoms with Gasteiger partial charge in [0.2, 0.25) is 0 Å². The molecule has 0 saturated carbocycles. The molecule has 2 N–H and O–H groups in total. The van der Waals surface area contributed by atoms with E-state index >= 15 is 0 Å². The first kappa shape index (κ1) is 21.4. The third-order valence-electron chi connectivity index (χ3n) is 5.18. The number of nitrogens with zero attached hydrogens (tertiary/aromatic N) is 1. The summed E-state index contributed by atoms with van der Waals surface area (Å²) in [6.07, 6.45) is 0. The second kappa shape index (κ2) is 9.00. The van der Waals surface area contributed by atoms with Crippen molar-refractivity contribution < 1.29 is 29.1 Å². The summed E-state index contributed by atoms with van der Waals surface area (Å²) >= 11 is 0. The van der Waals surface area contributed by atoms with Gasteiger partial charge in [-0.05, 0) is 12.1 Å². The number of Topliss-reactive ketones (excluding diaryl/α,β-unsaturated/α-hetero) is 1. The van der Waals surface area contributed by atoms with Gasteiger partial charge in [-0.1, -0.05) is 30.3 Å². The summed E-state index contributed by atoms with van der Waals surface area (Å²) in [5, 5.41) is 11.0. The van der Waals surface area contributed by atoms with Gasteiger partial charge in [-0.15, -0.1) is 0 Å². The average molecular weight is 411 g/mol. The summed E-state index contributed by atoms with van der Waals surface area (Å²) in [5.74, 6) is -0.461. The monoisotopic (exact) mass is 411 g/mol. The molecular weight excluding hydrogens is 384 g/mol. The van der Waals surface area contributed by atoms with Crippen molar-refractivity contribution in [3.8, 4) is 11.5 Å². The zero-order valence-electron chi connectivity index (χ0n) is 17.6. The van der Waals surface area contributed by atoms with Crippen molar-refractivity contribution >= 4 is 17.4 Å². The molecule has 1 aliphatic heterocycles. The molecule has 1 fully saturated rings. The van der Waals surface area contributed by atoms with Crippen LogP contribution in [0.3, 0.4) is 0 Å². The van der Waals surface area contributed by atoms with Crippen molar-refractivity contribution in [1.82, 2.24) is 4.90 Å². The molecule has 2 aromatic rings. The number of likely N-dealkylation sites (tertiary alicyclic amines) is 1. The average Bonchev–Trinajstić information content (AvgIpc) is 3.01. The highest BCUT2D eigenvalue weighted by Crippen LogP contribution is 2.43. The van der Waals surface area contributed by atoms with Gasteiger partial charge < -0.3 is 24.4 Å². The van der Waals surface area contributed by atoms with Gasteiger partial charge in [-0.25, -0.2) is 0 Å². The highest BCUT2D eigenvalue weighted by Gasteiger charge is 2.47. The van der Waals surface area contributed by atoms with E-state index in [4.69, 9.17) is 9.47 Å². The summed E-state index contributed by atoms with van der Waals surface area (Å²) in [6.45, 7) is 1.01. The first-order valence-electron chi connectivity index (χ1n) is 9.73. The topological polar surface area (TPSA) is 80.5 Å². The Morgan fingerprint density at radius 2 is 1.77 bits per heavy atom. The number of likely N-dealkylation sites (N-methyl/N-ethyl adjacent to an activating group) is 1. The van der Waals surface area contributed by atoms with E-state index in [2.05, 4.69) is 0 Å². The van der Waals surface area contributed by atoms with E-state index in [0.29, 0.717) is 35.7 Å². The lowest BCUT2D eigenvalue weighted by atomic mass is 9.94. The predicted octanol–water partition coefficient (Wildman–Crippen LogP) is 1.27. The SMILES string of the molecule is COc1ccc(C2C(=C(O)c3ccccc3)C(=O)C(=O)N2CC[NH+](C)C)c(OC)c1. The second-order valence-electron chi connectivity index (χ2n) is 7.42. The standard InChI is InChI=1S/C23H26N2O5/c1-24(2)12-13-25-20(17-11-10-16(29-3)14-18(17)30-4)19(22(27)23(25)28)21(26)15-8-6-5-7-9-15/h5-11,14,20,26H,12-13H2,1-4H3/p+1. The maximum absolute atomic E-state index is 13.0. The van der Waals surface area contributed by atoms with Crippen molar-refractivity contribution in [2.75, 3.05) is 41.4 Å². The molecule has 0 bridgehead atoms. The number of aliphatic hydroxyl groups is 1. The molecule has 1 atom stereocenters. The Bertz CT molecular complexity index is 969. The van der Waals surface area contributed by atoms with E-state index in [1.165, 1.54) is 12.0 Å². The number of carbonyl (C=O) groups excluding carboxylic acids is 2. The number of rotatable bonds is 7. The summed E-state index contributed by atoms with van der Waals surface area (Å²) in [7, 11) is 7.02. The van der Waals surface area contributed by atoms with Gasteiger partial charge in [0, 0.05) is 17.2 Å². The van der Waals surface area contributed by atoms with E-state index in [1.54, 1.807) is 49.6 Å². The number of methoxy groups -OCH3 is 2. The van der Waals surface area contributed by atoms with E-state index in [1.807, 2.05) is 20.2 Å². The normalized spacial score (nSPS) is 18.2. The molecule has 1 heterocycles. The maximum Gasteiger partial charge on any atom is 0.295 e. The van der Waals surface area contributed by atoms with E-state index in [0.717, 1.165) is 4.90 Å². The summed E-state index contributed by atoms with van der Waals surface area (Å²) in [5.41, 5.74) is 1.15. The van der Waals surface area contributed by atoms with Crippen LogP contribution in [0, 0.1) is 0 Å². The number of ether oxygens (including phenoxy) is 2. The van der Waals surface area contributed by atoms with Crippen LogP contribution in [0.4, 0.5) is 0 Å². The Morgan fingerprint density at radius 3 is 2.37 bits per heavy atom. The van der Waals surface area contributed by atoms with Gasteiger partial charge >= 0.3 is 0 Å². The van der Waals surface area contributed by atoms with Gasteiger partial charge in [-0.3, -0.25) is 9.59 Å². The van der Waals surface area contributed by atoms with Crippen LogP contribution in [0.1, 0.15) is 17.2 Å². The van der Waals surface area contributed by atoms with Crippen LogP contribution in [0.15, 0.2) is 54.1 Å². The first-order chi connectivity index (χ1) is 14.4. The first-order valence-corrected chi connectivity index (χ1v) is 9.73. The molecular formula is C23H27N2O5+. The van der Waals surface area contributed by atoms with E-state index < -0.39 is 17.7 Å². The van der Waals surface area contributed by atoms with Crippen LogP contribution in [0.25, 0.3) is 5.76 Å². The maximum atomic E-state index is 13.0. The highest BCUT2D eigenvalue weighted by molar-refractivity contribution is 6.46. The third kappa shape index (κ3) is 4.02. The van der Waals surface area contributed by atoms with E-state index in [-0.39, 0.29) is 11.3 Å². The number of hydrogen-bond donors (Lipinski definition) is 2. The van der Waals surface area contributed by atoms with Crippen molar-refractivity contribution in [2.45, 2.75) is 6.04 Å². The number of quaternary nitrogens is 1. The van der Waals surface area contributed by atoms with E-state index in [9.17, 15) is 14.7 Å². The fraction of sp³-hybridized carbons (Fsp3) is 0.304. The Balaban J connectivity index is 2.20. The molecule has 0 spiro atoms. The molecule has 1 saturated heterocycles. The highest BCUT2D eigenvalue weighted by atomic mass is 16.5. The summed E-state index contributed by atoms with van der Waals surface area (Å²) in [6, 6.07) is 13.2. The Labute approximate surface area is 176 Å². The fourth-order valence-corrected chi connectivity index (χ4v) is 3.57. The number of benzene rings is 2. The zero-order valence-corrected chi connectivity index (χ0v) is 17.6. The Hall–Kier alpha value is -3.32. The van der Waals surface area contributed by atoms with Crippen molar-refractivity contribution in [2.24, 2.45) is 0 Å². The van der Waals surface area contributed by atoms with Crippen LogP contribution >= 0.6 is 0 Å². The molecule has 30 heavy (non-hydrogen) atoms. The number of aliphatic hydroxyl groups excluding tert-OH is 1. The molecule has 1 unspecified atom stereocenters. The molecule has 1 aliphatic rings. The van der Waals surface area contributed by atoms with Gasteiger partial charge in [0.25, 0.3) is 11.7 Å². The molecule has 0 radical (unpaired) electrons. The van der Waals surface area contributed by atoms with Gasteiger partial charge in [0.05, 0.1) is 53.0 Å². The molecule has 0 aliphatic carbocycles. The summed E-state index contributed by atoms with van der Waals surface area (Å²) in [4.78, 5) is 28.6. The molecule has 0 aromatic heterocycles. The summed E-state index contributed by atoms with van der Waals surface area (Å²) < 4.78 is 10.8. The van der Waals surface area contributed by atoms with Gasteiger partial charge in [-0.2, -0.15) is 0 Å².